The van der Waals surface area contributed by atoms with Crippen LogP contribution in [0, 0.1) is 0 Å². The Morgan fingerprint density at radius 3 is 2.52 bits per heavy atom. The smallest absolute Gasteiger partial charge is 0.339 e. The summed E-state index contributed by atoms with van der Waals surface area (Å²) in [6.45, 7) is 0. The van der Waals surface area contributed by atoms with Gasteiger partial charge >= 0.3 is 5.97 Å². The van der Waals surface area contributed by atoms with Gasteiger partial charge in [0.25, 0.3) is 0 Å². The molecule has 0 spiro atoms. The summed E-state index contributed by atoms with van der Waals surface area (Å²) in [6.07, 6.45) is 1.35. The molecule has 4 nitrogen and oxygen atoms in total. The van der Waals surface area contributed by atoms with E-state index in [0.29, 0.717) is 16.4 Å². The van der Waals surface area contributed by atoms with Crippen molar-refractivity contribution in [2.45, 2.75) is 0 Å². The molecule has 104 valence electrons. The first-order valence-corrected chi connectivity index (χ1v) is 6.67. The van der Waals surface area contributed by atoms with E-state index in [1.165, 1.54) is 6.20 Å². The van der Waals surface area contributed by atoms with Crippen LogP contribution in [-0.4, -0.2) is 20.9 Å². The van der Waals surface area contributed by atoms with Crippen molar-refractivity contribution in [2.75, 3.05) is 0 Å². The van der Waals surface area contributed by atoms with Gasteiger partial charge in [0.2, 0.25) is 0 Å². The predicted molar refractivity (Wildman–Crippen MR) is 81.0 cm³/mol. The first-order valence-electron chi connectivity index (χ1n) is 6.29. The maximum absolute atomic E-state index is 11.4. The Labute approximate surface area is 126 Å². The number of hydrogen-bond acceptors (Lipinski definition) is 2. The minimum absolute atomic E-state index is 0.154. The predicted octanol–water partition coefficient (Wildman–Crippen LogP) is 3.89. The number of halogens is 1. The fourth-order valence-electron chi connectivity index (χ4n) is 2.18. The molecular weight excluding hydrogens is 288 g/mol. The Morgan fingerprint density at radius 2 is 1.86 bits per heavy atom. The number of aromatic nitrogens is 2. The molecule has 0 bridgehead atoms. The second-order valence-electron chi connectivity index (χ2n) is 4.47. The van der Waals surface area contributed by atoms with Crippen molar-refractivity contribution >= 4 is 17.6 Å². The SMILES string of the molecule is O=C(O)c1cnn(-c2cccc(Cl)c2)c1-c1ccccc1. The van der Waals surface area contributed by atoms with E-state index >= 15 is 0 Å². The Morgan fingerprint density at radius 1 is 1.10 bits per heavy atom. The Balaban J connectivity index is 2.25. The van der Waals surface area contributed by atoms with Crippen LogP contribution in [-0.2, 0) is 0 Å². The summed E-state index contributed by atoms with van der Waals surface area (Å²) < 4.78 is 1.59. The molecular formula is C16H11ClN2O2. The maximum atomic E-state index is 11.4. The van der Waals surface area contributed by atoms with Crippen molar-refractivity contribution < 1.29 is 9.90 Å². The van der Waals surface area contributed by atoms with E-state index < -0.39 is 5.97 Å². The molecule has 0 saturated carbocycles. The molecule has 0 atom stereocenters. The summed E-state index contributed by atoms with van der Waals surface area (Å²) in [5, 5.41) is 14.1. The molecule has 0 radical (unpaired) electrons. The van der Waals surface area contributed by atoms with Gasteiger partial charge in [0.1, 0.15) is 5.56 Å². The Bertz CT molecular complexity index is 797. The third kappa shape index (κ3) is 2.53. The summed E-state index contributed by atoms with van der Waals surface area (Å²) in [6, 6.07) is 16.4. The first kappa shape index (κ1) is 13.4. The number of nitrogens with zero attached hydrogens (tertiary/aromatic N) is 2. The number of carboxylic acid groups (broad SMARTS) is 1. The average Bonchev–Trinajstić information content (AvgIpc) is 2.93. The normalized spacial score (nSPS) is 10.5. The molecule has 0 fully saturated rings. The van der Waals surface area contributed by atoms with Crippen LogP contribution in [0.2, 0.25) is 5.02 Å². The van der Waals surface area contributed by atoms with Gasteiger partial charge in [0, 0.05) is 10.6 Å². The molecule has 1 N–H and O–H groups in total. The Kier molecular flexibility index (Phi) is 3.46. The monoisotopic (exact) mass is 298 g/mol. The lowest BCUT2D eigenvalue weighted by Crippen LogP contribution is -2.02. The van der Waals surface area contributed by atoms with E-state index in [-0.39, 0.29) is 5.56 Å². The Hall–Kier alpha value is -2.59. The third-order valence-electron chi connectivity index (χ3n) is 3.10. The van der Waals surface area contributed by atoms with Crippen LogP contribution >= 0.6 is 11.6 Å². The molecule has 0 amide bonds. The van der Waals surface area contributed by atoms with Gasteiger partial charge < -0.3 is 5.11 Å². The minimum atomic E-state index is -1.01. The quantitative estimate of drug-likeness (QED) is 0.798. The zero-order valence-electron chi connectivity index (χ0n) is 10.9. The molecule has 0 saturated heterocycles. The van der Waals surface area contributed by atoms with Crippen LogP contribution in [0.4, 0.5) is 0 Å². The van der Waals surface area contributed by atoms with Crippen molar-refractivity contribution in [3.05, 3.63) is 71.4 Å². The molecule has 1 heterocycles. The molecule has 3 rings (SSSR count). The standard InChI is InChI=1S/C16H11ClN2O2/c17-12-7-4-8-13(9-12)19-15(11-5-2-1-3-6-11)14(10-18-19)16(20)21/h1-10H,(H,20,21). The zero-order chi connectivity index (χ0) is 14.8. The van der Waals surface area contributed by atoms with E-state index in [9.17, 15) is 9.90 Å². The van der Waals surface area contributed by atoms with Gasteiger partial charge in [-0.3, -0.25) is 0 Å². The number of rotatable bonds is 3. The molecule has 1 aromatic heterocycles. The summed E-state index contributed by atoms with van der Waals surface area (Å²) in [5.74, 6) is -1.01. The van der Waals surface area contributed by atoms with E-state index in [0.717, 1.165) is 5.56 Å². The lowest BCUT2D eigenvalue weighted by Gasteiger charge is -2.09. The number of carbonyl (C=O) groups is 1. The molecule has 5 heteroatoms. The summed E-state index contributed by atoms with van der Waals surface area (Å²) in [4.78, 5) is 11.4. The topological polar surface area (TPSA) is 55.1 Å². The molecule has 0 aliphatic heterocycles. The highest BCUT2D eigenvalue weighted by atomic mass is 35.5. The van der Waals surface area contributed by atoms with Crippen LogP contribution in [0.25, 0.3) is 16.9 Å². The number of carboxylic acids is 1. The summed E-state index contributed by atoms with van der Waals surface area (Å²) >= 11 is 6.01. The van der Waals surface area contributed by atoms with Crippen LogP contribution in [0.3, 0.4) is 0 Å². The van der Waals surface area contributed by atoms with Crippen molar-refractivity contribution in [1.82, 2.24) is 9.78 Å². The summed E-state index contributed by atoms with van der Waals surface area (Å²) in [5.41, 5.74) is 2.19. The van der Waals surface area contributed by atoms with Gasteiger partial charge in [-0.25, -0.2) is 9.48 Å². The molecule has 21 heavy (non-hydrogen) atoms. The number of benzene rings is 2. The van der Waals surface area contributed by atoms with Crippen molar-refractivity contribution in [1.29, 1.82) is 0 Å². The maximum Gasteiger partial charge on any atom is 0.339 e. The third-order valence-corrected chi connectivity index (χ3v) is 3.33. The van der Waals surface area contributed by atoms with Crippen molar-refractivity contribution in [2.24, 2.45) is 0 Å². The van der Waals surface area contributed by atoms with E-state index in [4.69, 9.17) is 11.6 Å². The van der Waals surface area contributed by atoms with Gasteiger partial charge in [-0.1, -0.05) is 48.0 Å². The zero-order valence-corrected chi connectivity index (χ0v) is 11.7. The first-order chi connectivity index (χ1) is 10.2. The van der Waals surface area contributed by atoms with Crippen LogP contribution < -0.4 is 0 Å². The molecule has 0 unspecified atom stereocenters. The molecule has 0 aliphatic rings. The van der Waals surface area contributed by atoms with Crippen molar-refractivity contribution in [3.8, 4) is 16.9 Å². The highest BCUT2D eigenvalue weighted by molar-refractivity contribution is 6.30. The molecule has 0 aliphatic carbocycles. The van der Waals surface area contributed by atoms with Gasteiger partial charge in [-0.2, -0.15) is 5.10 Å². The number of hydrogen-bond donors (Lipinski definition) is 1. The van der Waals surface area contributed by atoms with E-state index in [2.05, 4.69) is 5.10 Å². The van der Waals surface area contributed by atoms with E-state index in [1.807, 2.05) is 36.4 Å². The summed E-state index contributed by atoms with van der Waals surface area (Å²) in [7, 11) is 0. The van der Waals surface area contributed by atoms with Crippen LogP contribution in [0.15, 0.2) is 60.8 Å². The van der Waals surface area contributed by atoms with Gasteiger partial charge in [-0.05, 0) is 18.2 Å². The fraction of sp³-hybridized carbons (Fsp3) is 0. The average molecular weight is 299 g/mol. The highest BCUT2D eigenvalue weighted by Crippen LogP contribution is 2.27. The van der Waals surface area contributed by atoms with Gasteiger partial charge in [-0.15, -0.1) is 0 Å². The second kappa shape index (κ2) is 5.42. The second-order valence-corrected chi connectivity index (χ2v) is 4.91. The van der Waals surface area contributed by atoms with Crippen molar-refractivity contribution in [3.63, 3.8) is 0 Å². The number of aromatic carboxylic acids is 1. The lowest BCUT2D eigenvalue weighted by molar-refractivity contribution is 0.0697. The highest BCUT2D eigenvalue weighted by Gasteiger charge is 2.19. The molecule has 3 aromatic rings. The lowest BCUT2D eigenvalue weighted by atomic mass is 10.1. The van der Waals surface area contributed by atoms with Gasteiger partial charge in [0.05, 0.1) is 17.6 Å². The molecule has 2 aromatic carbocycles. The minimum Gasteiger partial charge on any atom is -0.478 e. The van der Waals surface area contributed by atoms with E-state index in [1.54, 1.807) is 22.9 Å². The van der Waals surface area contributed by atoms with Crippen LogP contribution in [0.5, 0.6) is 0 Å². The largest absolute Gasteiger partial charge is 0.478 e. The fourth-order valence-corrected chi connectivity index (χ4v) is 2.37. The van der Waals surface area contributed by atoms with Crippen LogP contribution in [0.1, 0.15) is 10.4 Å². The van der Waals surface area contributed by atoms with Gasteiger partial charge in [0.15, 0.2) is 0 Å².